The molecule has 3 heterocycles. The van der Waals surface area contributed by atoms with E-state index in [1.165, 1.54) is 10.8 Å². The van der Waals surface area contributed by atoms with Crippen molar-refractivity contribution in [1.82, 2.24) is 24.5 Å². The zero-order valence-corrected chi connectivity index (χ0v) is 29.2. The van der Waals surface area contributed by atoms with Gasteiger partial charge in [0.05, 0.1) is 51.7 Å². The molecule has 0 aliphatic rings. The molecule has 0 aliphatic heterocycles. The molecular weight excluding hydrogens is 675 g/mol. The summed E-state index contributed by atoms with van der Waals surface area (Å²) in [5.41, 5.74) is 10.8. The van der Waals surface area contributed by atoms with E-state index in [1.807, 2.05) is 66.7 Å². The molecule has 0 fully saturated rings. The molecule has 7 heteroatoms. The molecule has 0 atom stereocenters. The Hall–Kier alpha value is -8.00. The average molecular weight is 702 g/mol. The molecule has 0 radical (unpaired) electrons. The van der Waals surface area contributed by atoms with Crippen LogP contribution in [0.5, 0.6) is 0 Å². The first-order valence-electron chi connectivity index (χ1n) is 17.8. The summed E-state index contributed by atoms with van der Waals surface area (Å²) in [5.74, 6) is 1.08. The van der Waals surface area contributed by atoms with Gasteiger partial charge in [0.1, 0.15) is 0 Å². The Kier molecular flexibility index (Phi) is 7.43. The molecular formula is C48H27N7. The highest BCUT2D eigenvalue weighted by molar-refractivity contribution is 6.09. The van der Waals surface area contributed by atoms with Crippen molar-refractivity contribution < 1.29 is 0 Å². The Bertz CT molecular complexity index is 3200. The van der Waals surface area contributed by atoms with Crippen molar-refractivity contribution in [3.8, 4) is 57.0 Å². The van der Waals surface area contributed by atoms with E-state index in [1.54, 1.807) is 12.1 Å². The van der Waals surface area contributed by atoms with Crippen LogP contribution in [0.4, 0.5) is 5.69 Å². The van der Waals surface area contributed by atoms with E-state index < -0.39 is 0 Å². The van der Waals surface area contributed by atoms with Gasteiger partial charge in [-0.3, -0.25) is 0 Å². The summed E-state index contributed by atoms with van der Waals surface area (Å²) in [7, 11) is 0. The third-order valence-electron chi connectivity index (χ3n) is 10.0. The molecule has 0 saturated heterocycles. The lowest BCUT2D eigenvalue weighted by Gasteiger charge is -2.14. The summed E-state index contributed by atoms with van der Waals surface area (Å²) in [6.45, 7) is 7.66. The number of nitrogens with zero attached hydrogens (tertiary/aromatic N) is 7. The van der Waals surface area contributed by atoms with Crippen LogP contribution in [-0.2, 0) is 0 Å². The van der Waals surface area contributed by atoms with E-state index >= 15 is 0 Å². The summed E-state index contributed by atoms with van der Waals surface area (Å²) < 4.78 is 2.29. The molecule has 0 N–H and O–H groups in total. The van der Waals surface area contributed by atoms with Crippen LogP contribution in [0.3, 0.4) is 0 Å². The lowest BCUT2D eigenvalue weighted by Crippen LogP contribution is -1.99. The lowest BCUT2D eigenvalue weighted by molar-refractivity contribution is 1.17. The third-order valence-corrected chi connectivity index (χ3v) is 10.0. The van der Waals surface area contributed by atoms with Crippen molar-refractivity contribution in [2.45, 2.75) is 0 Å². The highest BCUT2D eigenvalue weighted by Crippen LogP contribution is 2.37. The minimum atomic E-state index is 0.524. The van der Waals surface area contributed by atoms with Crippen LogP contribution >= 0.6 is 0 Å². The minimum Gasteiger partial charge on any atom is -0.309 e. The van der Waals surface area contributed by atoms with Crippen molar-refractivity contribution in [2.75, 3.05) is 0 Å². The van der Waals surface area contributed by atoms with Gasteiger partial charge in [0.25, 0.3) is 0 Å². The summed E-state index contributed by atoms with van der Waals surface area (Å²) in [6, 6.07) is 56.6. The van der Waals surface area contributed by atoms with Crippen LogP contribution in [-0.4, -0.2) is 24.5 Å². The van der Waals surface area contributed by atoms with Gasteiger partial charge in [-0.25, -0.2) is 24.8 Å². The van der Waals surface area contributed by atoms with Crippen LogP contribution in [0.1, 0.15) is 5.56 Å². The number of hydrogen-bond donors (Lipinski definition) is 0. The largest absolute Gasteiger partial charge is 0.309 e. The van der Waals surface area contributed by atoms with Crippen molar-refractivity contribution in [1.29, 1.82) is 5.26 Å². The molecule has 0 aliphatic carbocycles. The summed E-state index contributed by atoms with van der Waals surface area (Å²) >= 11 is 0. The Balaban J connectivity index is 1.19. The summed E-state index contributed by atoms with van der Waals surface area (Å²) in [6.07, 6.45) is 0. The van der Waals surface area contributed by atoms with E-state index in [4.69, 9.17) is 26.5 Å². The topological polar surface area (TPSA) is 84.6 Å². The van der Waals surface area contributed by atoms with E-state index in [-0.39, 0.29) is 0 Å². The predicted molar refractivity (Wildman–Crippen MR) is 220 cm³/mol. The molecule has 0 amide bonds. The van der Waals surface area contributed by atoms with Crippen LogP contribution < -0.4 is 0 Å². The highest BCUT2D eigenvalue weighted by Gasteiger charge is 2.18. The first kappa shape index (κ1) is 31.7. The lowest BCUT2D eigenvalue weighted by atomic mass is 9.99. The maximum atomic E-state index is 9.58. The molecule has 0 bridgehead atoms. The predicted octanol–water partition coefficient (Wildman–Crippen LogP) is 11.8. The Labute approximate surface area is 315 Å². The first-order chi connectivity index (χ1) is 27.1. The smallest absolute Gasteiger partial charge is 0.187 e. The van der Waals surface area contributed by atoms with E-state index in [2.05, 4.69) is 100 Å². The molecule has 254 valence electrons. The van der Waals surface area contributed by atoms with Gasteiger partial charge in [0.2, 0.25) is 0 Å². The SMILES string of the molecule is [C-]#[N+]c1cccc(-c2nc(-c3cccc(-c4nc(-c5cccc(C#N)c5)nc5ccccc45)c3)c3ccc(-n4c5ccccc5c5ccccc54)cc3n2)c1. The van der Waals surface area contributed by atoms with Crippen molar-refractivity contribution in [3.63, 3.8) is 0 Å². The van der Waals surface area contributed by atoms with Gasteiger partial charge in [0, 0.05) is 49.5 Å². The van der Waals surface area contributed by atoms with Crippen molar-refractivity contribution in [3.05, 3.63) is 181 Å². The zero-order chi connectivity index (χ0) is 36.9. The second kappa shape index (κ2) is 12.9. The summed E-state index contributed by atoms with van der Waals surface area (Å²) in [5, 5.41) is 13.8. The van der Waals surface area contributed by atoms with Crippen LogP contribution in [0.2, 0.25) is 0 Å². The van der Waals surface area contributed by atoms with Crippen LogP contribution in [0.25, 0.3) is 99.4 Å². The van der Waals surface area contributed by atoms with Gasteiger partial charge < -0.3 is 4.57 Å². The van der Waals surface area contributed by atoms with Gasteiger partial charge in [-0.2, -0.15) is 5.26 Å². The Morgan fingerprint density at radius 1 is 0.473 bits per heavy atom. The minimum absolute atomic E-state index is 0.524. The van der Waals surface area contributed by atoms with Gasteiger partial charge >= 0.3 is 0 Å². The average Bonchev–Trinajstić information content (AvgIpc) is 3.60. The number of para-hydroxylation sites is 3. The molecule has 10 aromatic rings. The summed E-state index contributed by atoms with van der Waals surface area (Å²) in [4.78, 5) is 24.0. The van der Waals surface area contributed by atoms with Gasteiger partial charge in [-0.15, -0.1) is 0 Å². The highest BCUT2D eigenvalue weighted by atomic mass is 15.0. The molecule has 0 saturated carbocycles. The standard InChI is InChI=1S/C48H27N7/c1-50-35-16-10-15-34(27-35)48-52-42-28-36(55-43-21-6-3-17-37(43)38-18-4-7-22-44(38)55)23-24-40(42)46(54-48)32-13-9-12-31(26-32)45-39-19-2-5-20-41(39)51-47(53-45)33-14-8-11-30(25-33)29-49/h2-28H. The molecule has 55 heavy (non-hydrogen) atoms. The molecule has 10 rings (SSSR count). The third kappa shape index (κ3) is 5.44. The molecule has 7 nitrogen and oxygen atoms in total. The van der Waals surface area contributed by atoms with Gasteiger partial charge in [-0.1, -0.05) is 103 Å². The Morgan fingerprint density at radius 2 is 1.04 bits per heavy atom. The zero-order valence-electron chi connectivity index (χ0n) is 29.2. The first-order valence-corrected chi connectivity index (χ1v) is 17.8. The fourth-order valence-electron chi connectivity index (χ4n) is 7.49. The fraction of sp³-hybridized carbons (Fsp3) is 0. The quantitative estimate of drug-likeness (QED) is 0.167. The number of benzene rings is 7. The van der Waals surface area contributed by atoms with E-state index in [0.717, 1.165) is 72.2 Å². The van der Waals surface area contributed by atoms with Crippen molar-refractivity contribution in [2.24, 2.45) is 0 Å². The second-order valence-corrected chi connectivity index (χ2v) is 13.3. The van der Waals surface area contributed by atoms with Gasteiger partial charge in [-0.05, 0) is 60.7 Å². The number of nitriles is 1. The number of aromatic nitrogens is 5. The number of hydrogen-bond acceptors (Lipinski definition) is 5. The second-order valence-electron chi connectivity index (χ2n) is 13.3. The van der Waals surface area contributed by atoms with Crippen LogP contribution in [0.15, 0.2) is 164 Å². The number of rotatable bonds is 5. The van der Waals surface area contributed by atoms with Gasteiger partial charge in [0.15, 0.2) is 17.3 Å². The van der Waals surface area contributed by atoms with Crippen molar-refractivity contribution >= 4 is 49.3 Å². The monoisotopic (exact) mass is 701 g/mol. The number of fused-ring (bicyclic) bond motifs is 5. The molecule has 7 aromatic carbocycles. The van der Waals surface area contributed by atoms with E-state index in [0.29, 0.717) is 22.9 Å². The fourth-order valence-corrected chi connectivity index (χ4v) is 7.49. The normalized spacial score (nSPS) is 11.2. The Morgan fingerprint density at radius 3 is 1.73 bits per heavy atom. The maximum absolute atomic E-state index is 9.58. The maximum Gasteiger partial charge on any atom is 0.187 e. The molecule has 0 spiro atoms. The molecule has 3 aromatic heterocycles. The molecule has 0 unspecified atom stereocenters. The van der Waals surface area contributed by atoms with Crippen LogP contribution in [0, 0.1) is 17.9 Å². The van der Waals surface area contributed by atoms with E-state index in [9.17, 15) is 5.26 Å².